The molecule has 0 bridgehead atoms. The van der Waals surface area contributed by atoms with E-state index in [0.717, 1.165) is 51.7 Å². The van der Waals surface area contributed by atoms with Gasteiger partial charge in [0.1, 0.15) is 0 Å². The highest BCUT2D eigenvalue weighted by Gasteiger charge is 2.31. The number of amides is 2. The molecule has 17 heavy (non-hydrogen) atoms. The van der Waals surface area contributed by atoms with E-state index in [0.29, 0.717) is 0 Å². The van der Waals surface area contributed by atoms with Gasteiger partial charge in [0.15, 0.2) is 0 Å². The van der Waals surface area contributed by atoms with Crippen LogP contribution in [-0.4, -0.2) is 52.7 Å². The predicted molar refractivity (Wildman–Crippen MR) is 66.8 cm³/mol. The normalized spacial score (nSPS) is 27.3. The molecule has 4 heteroatoms. The Morgan fingerprint density at radius 1 is 1.24 bits per heavy atom. The lowest BCUT2D eigenvalue weighted by atomic mass is 9.97. The molecule has 2 atom stereocenters. The van der Waals surface area contributed by atoms with Gasteiger partial charge in [0.25, 0.3) is 0 Å². The SMILES string of the molecule is CC(O)CC1CCCCN1C(=O)N1CCCC1. The van der Waals surface area contributed by atoms with Gasteiger partial charge in [-0.25, -0.2) is 4.79 Å². The third-order valence-corrected chi connectivity index (χ3v) is 3.86. The van der Waals surface area contributed by atoms with Crippen molar-refractivity contribution in [3.8, 4) is 0 Å². The first-order chi connectivity index (χ1) is 8.18. The van der Waals surface area contributed by atoms with Crippen molar-refractivity contribution in [3.63, 3.8) is 0 Å². The van der Waals surface area contributed by atoms with E-state index in [-0.39, 0.29) is 18.2 Å². The van der Waals surface area contributed by atoms with E-state index in [1.54, 1.807) is 0 Å². The summed E-state index contributed by atoms with van der Waals surface area (Å²) >= 11 is 0. The number of carbonyl (C=O) groups is 1. The second-order valence-electron chi connectivity index (χ2n) is 5.40. The van der Waals surface area contributed by atoms with Crippen LogP contribution in [0.2, 0.25) is 0 Å². The molecule has 0 aliphatic carbocycles. The Balaban J connectivity index is 1.97. The number of likely N-dealkylation sites (tertiary alicyclic amines) is 2. The topological polar surface area (TPSA) is 43.8 Å². The van der Waals surface area contributed by atoms with Crippen molar-refractivity contribution in [3.05, 3.63) is 0 Å². The van der Waals surface area contributed by atoms with E-state index in [1.165, 1.54) is 6.42 Å². The van der Waals surface area contributed by atoms with Gasteiger partial charge < -0.3 is 14.9 Å². The van der Waals surface area contributed by atoms with Gasteiger partial charge >= 0.3 is 6.03 Å². The molecule has 0 saturated carbocycles. The zero-order chi connectivity index (χ0) is 12.3. The number of hydrogen-bond donors (Lipinski definition) is 1. The molecule has 2 aliphatic rings. The maximum Gasteiger partial charge on any atom is 0.320 e. The van der Waals surface area contributed by atoms with Gasteiger partial charge in [-0.05, 0) is 45.4 Å². The monoisotopic (exact) mass is 240 g/mol. The minimum Gasteiger partial charge on any atom is -0.393 e. The summed E-state index contributed by atoms with van der Waals surface area (Å²) in [5, 5.41) is 9.52. The van der Waals surface area contributed by atoms with Crippen LogP contribution in [0.5, 0.6) is 0 Å². The van der Waals surface area contributed by atoms with Crippen molar-refractivity contribution in [1.29, 1.82) is 0 Å². The zero-order valence-electron chi connectivity index (χ0n) is 10.8. The maximum absolute atomic E-state index is 12.4. The summed E-state index contributed by atoms with van der Waals surface area (Å²) in [4.78, 5) is 16.3. The molecule has 2 aliphatic heterocycles. The summed E-state index contributed by atoms with van der Waals surface area (Å²) in [6.45, 7) is 4.51. The highest BCUT2D eigenvalue weighted by Crippen LogP contribution is 2.23. The molecular weight excluding hydrogens is 216 g/mol. The van der Waals surface area contributed by atoms with Crippen molar-refractivity contribution in [2.45, 2.75) is 57.6 Å². The van der Waals surface area contributed by atoms with E-state index < -0.39 is 0 Å². The Morgan fingerprint density at radius 3 is 2.53 bits per heavy atom. The number of carbonyl (C=O) groups excluding carboxylic acids is 1. The lowest BCUT2D eigenvalue weighted by Gasteiger charge is -2.38. The molecule has 0 radical (unpaired) electrons. The third-order valence-electron chi connectivity index (χ3n) is 3.86. The quantitative estimate of drug-likeness (QED) is 0.800. The van der Waals surface area contributed by atoms with Crippen molar-refractivity contribution < 1.29 is 9.90 Å². The van der Waals surface area contributed by atoms with E-state index >= 15 is 0 Å². The zero-order valence-corrected chi connectivity index (χ0v) is 10.8. The Bertz CT molecular complexity index is 262. The van der Waals surface area contributed by atoms with Crippen LogP contribution in [0.25, 0.3) is 0 Å². The minimum absolute atomic E-state index is 0.202. The smallest absolute Gasteiger partial charge is 0.320 e. The number of aliphatic hydroxyl groups excluding tert-OH is 1. The lowest BCUT2D eigenvalue weighted by Crippen LogP contribution is -2.50. The molecule has 2 rings (SSSR count). The maximum atomic E-state index is 12.4. The number of rotatable bonds is 2. The second kappa shape index (κ2) is 5.71. The van der Waals surface area contributed by atoms with Crippen molar-refractivity contribution in [2.24, 2.45) is 0 Å². The second-order valence-corrected chi connectivity index (χ2v) is 5.40. The fourth-order valence-corrected chi connectivity index (χ4v) is 2.98. The molecule has 2 fully saturated rings. The summed E-state index contributed by atoms with van der Waals surface area (Å²) < 4.78 is 0. The van der Waals surface area contributed by atoms with Gasteiger partial charge in [0.2, 0.25) is 0 Å². The van der Waals surface area contributed by atoms with Crippen LogP contribution in [-0.2, 0) is 0 Å². The molecule has 0 aromatic carbocycles. The largest absolute Gasteiger partial charge is 0.393 e. The van der Waals surface area contributed by atoms with E-state index in [1.807, 2.05) is 16.7 Å². The highest BCUT2D eigenvalue weighted by molar-refractivity contribution is 5.75. The van der Waals surface area contributed by atoms with Crippen LogP contribution >= 0.6 is 0 Å². The Hall–Kier alpha value is -0.770. The number of hydrogen-bond acceptors (Lipinski definition) is 2. The molecule has 2 unspecified atom stereocenters. The van der Waals surface area contributed by atoms with E-state index in [9.17, 15) is 9.90 Å². The van der Waals surface area contributed by atoms with Crippen LogP contribution in [0.15, 0.2) is 0 Å². The Kier molecular flexibility index (Phi) is 4.26. The standard InChI is InChI=1S/C13H24N2O2/c1-11(16)10-12-6-2-3-9-15(12)13(17)14-7-4-5-8-14/h11-12,16H,2-10H2,1H3. The molecular formula is C13H24N2O2. The van der Waals surface area contributed by atoms with E-state index in [4.69, 9.17) is 0 Å². The summed E-state index contributed by atoms with van der Waals surface area (Å²) in [5.74, 6) is 0. The molecule has 0 aromatic heterocycles. The summed E-state index contributed by atoms with van der Waals surface area (Å²) in [5.41, 5.74) is 0. The summed E-state index contributed by atoms with van der Waals surface area (Å²) in [7, 11) is 0. The Morgan fingerprint density at radius 2 is 1.88 bits per heavy atom. The molecule has 2 heterocycles. The fraction of sp³-hybridized carbons (Fsp3) is 0.923. The third kappa shape index (κ3) is 3.12. The number of piperidine rings is 1. The average molecular weight is 240 g/mol. The molecule has 1 N–H and O–H groups in total. The summed E-state index contributed by atoms with van der Waals surface area (Å²) in [6, 6.07) is 0.449. The van der Waals surface area contributed by atoms with E-state index in [2.05, 4.69) is 0 Å². The first-order valence-electron chi connectivity index (χ1n) is 6.92. The highest BCUT2D eigenvalue weighted by atomic mass is 16.3. The minimum atomic E-state index is -0.313. The fourth-order valence-electron chi connectivity index (χ4n) is 2.98. The Labute approximate surface area is 104 Å². The summed E-state index contributed by atoms with van der Waals surface area (Å²) in [6.07, 6.45) is 6.02. The average Bonchev–Trinajstić information content (AvgIpc) is 2.81. The number of nitrogens with zero attached hydrogens (tertiary/aromatic N) is 2. The molecule has 2 amide bonds. The van der Waals surface area contributed by atoms with Gasteiger partial charge in [-0.2, -0.15) is 0 Å². The molecule has 4 nitrogen and oxygen atoms in total. The van der Waals surface area contributed by atoms with Crippen LogP contribution < -0.4 is 0 Å². The van der Waals surface area contributed by atoms with Gasteiger partial charge in [-0.3, -0.25) is 0 Å². The van der Waals surface area contributed by atoms with Gasteiger partial charge in [-0.1, -0.05) is 0 Å². The van der Waals surface area contributed by atoms with Crippen LogP contribution in [0.3, 0.4) is 0 Å². The van der Waals surface area contributed by atoms with Crippen LogP contribution in [0.4, 0.5) is 4.79 Å². The predicted octanol–water partition coefficient (Wildman–Crippen LogP) is 1.83. The molecule has 0 aromatic rings. The number of aliphatic hydroxyl groups is 1. The van der Waals surface area contributed by atoms with Crippen LogP contribution in [0, 0.1) is 0 Å². The first-order valence-corrected chi connectivity index (χ1v) is 6.92. The van der Waals surface area contributed by atoms with Gasteiger partial charge in [0, 0.05) is 25.7 Å². The van der Waals surface area contributed by atoms with Crippen LogP contribution in [0.1, 0.15) is 45.4 Å². The van der Waals surface area contributed by atoms with Crippen molar-refractivity contribution in [1.82, 2.24) is 9.80 Å². The van der Waals surface area contributed by atoms with Crippen molar-refractivity contribution >= 4 is 6.03 Å². The molecule has 0 spiro atoms. The molecule has 98 valence electrons. The molecule has 2 saturated heterocycles. The first kappa shape index (κ1) is 12.7. The van der Waals surface area contributed by atoms with Gasteiger partial charge in [0.05, 0.1) is 6.10 Å². The lowest BCUT2D eigenvalue weighted by molar-refractivity contribution is 0.0876. The number of urea groups is 1. The van der Waals surface area contributed by atoms with Crippen molar-refractivity contribution in [2.75, 3.05) is 19.6 Å². The van der Waals surface area contributed by atoms with Gasteiger partial charge in [-0.15, -0.1) is 0 Å².